The van der Waals surface area contributed by atoms with Crippen molar-refractivity contribution in [3.05, 3.63) is 29.3 Å². The normalized spacial score (nSPS) is 11.5. The zero-order valence-corrected chi connectivity index (χ0v) is 10.6. The van der Waals surface area contributed by atoms with E-state index in [-0.39, 0.29) is 16.9 Å². The van der Waals surface area contributed by atoms with Gasteiger partial charge in [0.1, 0.15) is 5.75 Å². The predicted molar refractivity (Wildman–Crippen MR) is 61.0 cm³/mol. The Labute approximate surface area is 103 Å². The second-order valence-corrected chi connectivity index (χ2v) is 3.83. The summed E-state index contributed by atoms with van der Waals surface area (Å²) >= 11 is 0. The zero-order chi connectivity index (χ0) is 13.7. The van der Waals surface area contributed by atoms with Gasteiger partial charge in [-0.3, -0.25) is 0 Å². The predicted octanol–water partition coefficient (Wildman–Crippen LogP) is 1.02. The zero-order valence-electron chi connectivity index (χ0n) is 9.63. The molecule has 0 heterocycles. The summed E-state index contributed by atoms with van der Waals surface area (Å²) in [4.78, 5) is 31.4. The average Bonchev–Trinajstić information content (AvgIpc) is 2.35. The third-order valence-electron chi connectivity index (χ3n) is 1.95. The molecular weight excluding hydrogens is 263 g/mol. The Hall–Kier alpha value is -1.85. The number of carbonyl (C=O) groups is 2. The number of esters is 2. The molecule has 1 rings (SSSR count). The van der Waals surface area contributed by atoms with E-state index >= 15 is 0 Å². The van der Waals surface area contributed by atoms with Crippen LogP contribution in [0, 0.1) is 0 Å². The van der Waals surface area contributed by atoms with Crippen molar-refractivity contribution in [2.24, 2.45) is 0 Å². The molecule has 1 atom stereocenters. The minimum atomic E-state index is -3.24. The minimum absolute atomic E-state index is 0.0126. The molecule has 0 saturated heterocycles. The molecule has 1 unspecified atom stereocenters. The Kier molecular flexibility index (Phi) is 4.88. The first-order valence-corrected chi connectivity index (χ1v) is 5.96. The fraction of sp³-hybridized carbons (Fsp3) is 0.200. The van der Waals surface area contributed by atoms with E-state index in [1.54, 1.807) is 0 Å². The summed E-state index contributed by atoms with van der Waals surface area (Å²) in [6, 6.07) is 3.62. The van der Waals surface area contributed by atoms with Gasteiger partial charge in [-0.1, -0.05) is 0 Å². The molecule has 0 saturated carbocycles. The van der Waals surface area contributed by atoms with Crippen LogP contribution >= 0.6 is 8.25 Å². The lowest BCUT2D eigenvalue weighted by Gasteiger charge is -2.07. The van der Waals surface area contributed by atoms with Gasteiger partial charge in [0, 0.05) is 0 Å². The maximum atomic E-state index is 11.4. The highest BCUT2D eigenvalue weighted by Crippen LogP contribution is 2.26. The first kappa shape index (κ1) is 14.2. The molecule has 7 nitrogen and oxygen atoms in total. The fourth-order valence-electron chi connectivity index (χ4n) is 1.23. The fourth-order valence-corrected chi connectivity index (χ4v) is 1.55. The van der Waals surface area contributed by atoms with Crippen molar-refractivity contribution in [1.82, 2.24) is 0 Å². The van der Waals surface area contributed by atoms with Crippen LogP contribution in [0.25, 0.3) is 0 Å². The molecule has 18 heavy (non-hydrogen) atoms. The first-order valence-electron chi connectivity index (χ1n) is 4.70. The number of benzene rings is 1. The summed E-state index contributed by atoms with van der Waals surface area (Å²) in [7, 11) is -0.900. The second-order valence-electron chi connectivity index (χ2n) is 3.10. The number of hydrogen-bond acceptors (Lipinski definition) is 6. The lowest BCUT2D eigenvalue weighted by molar-refractivity contribution is 0.0598. The lowest BCUT2D eigenvalue weighted by Crippen LogP contribution is -2.06. The van der Waals surface area contributed by atoms with Gasteiger partial charge in [0.2, 0.25) is 0 Å². The van der Waals surface area contributed by atoms with E-state index in [1.807, 2.05) is 0 Å². The molecule has 1 aromatic rings. The van der Waals surface area contributed by atoms with Crippen molar-refractivity contribution in [3.8, 4) is 5.75 Å². The van der Waals surface area contributed by atoms with Crippen LogP contribution in [0.3, 0.4) is 0 Å². The van der Waals surface area contributed by atoms with Crippen LogP contribution in [0.2, 0.25) is 0 Å². The molecule has 0 spiro atoms. The monoisotopic (exact) mass is 274 g/mol. The number of hydrogen-bond donors (Lipinski definition) is 1. The standard InChI is InChI=1S/C10H11O7P/c1-15-9(11)6-3-7(10(12)16-2)5-8(4-6)17-18(13)14/h3-5,18H,1-2H3,(H,13,14). The van der Waals surface area contributed by atoms with Crippen LogP contribution in [0.1, 0.15) is 20.7 Å². The highest BCUT2D eigenvalue weighted by molar-refractivity contribution is 7.32. The molecule has 0 aliphatic heterocycles. The van der Waals surface area contributed by atoms with Gasteiger partial charge in [0.15, 0.2) is 0 Å². The number of rotatable bonds is 4. The van der Waals surface area contributed by atoms with Crippen LogP contribution in [0.4, 0.5) is 0 Å². The van der Waals surface area contributed by atoms with Crippen molar-refractivity contribution < 1.29 is 33.0 Å². The topological polar surface area (TPSA) is 99.1 Å². The molecule has 8 heteroatoms. The van der Waals surface area contributed by atoms with Crippen LogP contribution in [0.5, 0.6) is 5.75 Å². The van der Waals surface area contributed by atoms with E-state index in [2.05, 4.69) is 14.0 Å². The Morgan fingerprint density at radius 2 is 1.50 bits per heavy atom. The smallest absolute Gasteiger partial charge is 0.365 e. The van der Waals surface area contributed by atoms with Crippen LogP contribution in [-0.4, -0.2) is 31.1 Å². The summed E-state index contributed by atoms with van der Waals surface area (Å²) in [6.07, 6.45) is 0. The van der Waals surface area contributed by atoms with Crippen LogP contribution in [0.15, 0.2) is 18.2 Å². The second kappa shape index (κ2) is 6.18. The average molecular weight is 274 g/mol. The van der Waals surface area contributed by atoms with E-state index in [0.29, 0.717) is 0 Å². The van der Waals surface area contributed by atoms with Gasteiger partial charge in [-0.05, 0) is 18.2 Å². The molecule has 0 bridgehead atoms. The Morgan fingerprint density at radius 1 is 1.06 bits per heavy atom. The van der Waals surface area contributed by atoms with Crippen molar-refractivity contribution in [3.63, 3.8) is 0 Å². The number of carbonyl (C=O) groups excluding carboxylic acids is 2. The quantitative estimate of drug-likeness (QED) is 0.646. The summed E-state index contributed by atoms with van der Waals surface area (Å²) in [5.41, 5.74) is 0.0253. The molecule has 0 aliphatic carbocycles. The van der Waals surface area contributed by atoms with E-state index in [1.165, 1.54) is 32.4 Å². The van der Waals surface area contributed by atoms with Crippen molar-refractivity contribution in [2.45, 2.75) is 0 Å². The van der Waals surface area contributed by atoms with Crippen LogP contribution in [-0.2, 0) is 14.0 Å². The number of ether oxygens (including phenoxy) is 2. The van der Waals surface area contributed by atoms with Gasteiger partial charge in [0.05, 0.1) is 25.3 Å². The molecule has 1 aromatic carbocycles. The molecule has 0 fully saturated rings. The third-order valence-corrected chi connectivity index (χ3v) is 2.36. The lowest BCUT2D eigenvalue weighted by atomic mass is 10.1. The minimum Gasteiger partial charge on any atom is -0.465 e. The summed E-state index contributed by atoms with van der Waals surface area (Å²) in [6.45, 7) is 0. The van der Waals surface area contributed by atoms with E-state index < -0.39 is 20.2 Å². The van der Waals surface area contributed by atoms with E-state index in [0.717, 1.165) is 0 Å². The van der Waals surface area contributed by atoms with Crippen molar-refractivity contribution in [1.29, 1.82) is 0 Å². The molecular formula is C10H11O7P. The SMILES string of the molecule is COC(=O)c1cc(O[PH](=O)O)cc(C(=O)OC)c1. The molecule has 0 aromatic heterocycles. The summed E-state index contributed by atoms with van der Waals surface area (Å²) < 4.78 is 24.1. The largest absolute Gasteiger partial charge is 0.465 e. The molecule has 98 valence electrons. The van der Waals surface area contributed by atoms with Gasteiger partial charge in [0.25, 0.3) is 0 Å². The summed E-state index contributed by atoms with van der Waals surface area (Å²) in [5.74, 6) is -1.50. The van der Waals surface area contributed by atoms with Gasteiger partial charge in [-0.15, -0.1) is 0 Å². The van der Waals surface area contributed by atoms with Gasteiger partial charge < -0.3 is 18.9 Å². The Bertz CT molecular complexity index is 463. The molecule has 0 amide bonds. The maximum absolute atomic E-state index is 11.4. The van der Waals surface area contributed by atoms with Crippen molar-refractivity contribution in [2.75, 3.05) is 14.2 Å². The first-order chi connectivity index (χ1) is 8.47. The molecule has 1 N–H and O–H groups in total. The van der Waals surface area contributed by atoms with E-state index in [4.69, 9.17) is 4.89 Å². The molecule has 0 aliphatic rings. The Balaban J connectivity index is 3.23. The Morgan fingerprint density at radius 3 is 1.83 bits per heavy atom. The third kappa shape index (κ3) is 3.58. The highest BCUT2D eigenvalue weighted by Gasteiger charge is 2.15. The van der Waals surface area contributed by atoms with Gasteiger partial charge in [-0.25, -0.2) is 14.2 Å². The molecule has 0 radical (unpaired) electrons. The van der Waals surface area contributed by atoms with Gasteiger partial charge in [-0.2, -0.15) is 0 Å². The van der Waals surface area contributed by atoms with Crippen LogP contribution < -0.4 is 4.52 Å². The maximum Gasteiger partial charge on any atom is 0.365 e. The summed E-state index contributed by atoms with van der Waals surface area (Å²) in [5, 5.41) is 0. The van der Waals surface area contributed by atoms with Crippen molar-refractivity contribution >= 4 is 20.2 Å². The number of methoxy groups -OCH3 is 2. The van der Waals surface area contributed by atoms with Gasteiger partial charge >= 0.3 is 20.2 Å². The van der Waals surface area contributed by atoms with E-state index in [9.17, 15) is 14.2 Å². The highest BCUT2D eigenvalue weighted by atomic mass is 31.1.